The molecule has 0 amide bonds. The molecule has 1 N–H and O–H groups in total. The first-order valence-electron chi connectivity index (χ1n) is 5.92. The number of nitrogens with zero attached hydrogens (tertiary/aromatic N) is 3. The average Bonchev–Trinajstić information content (AvgIpc) is 2.13. The second kappa shape index (κ2) is 4.08. The van der Waals surface area contributed by atoms with Crippen LogP contribution >= 0.6 is 0 Å². The van der Waals surface area contributed by atoms with Gasteiger partial charge < -0.3 is 10.2 Å². The lowest BCUT2D eigenvalue weighted by Gasteiger charge is -2.41. The Kier molecular flexibility index (Phi) is 2.65. The standard InChI is InChI=1S/C11H13F3N4/c12-11(13,14)9-1-2-18(9)10-16-5-8(6-17-10)7-3-15-4-7/h5-7,9,15H,1-4H2. The van der Waals surface area contributed by atoms with Crippen molar-refractivity contribution in [2.75, 3.05) is 24.5 Å². The van der Waals surface area contributed by atoms with Crippen LogP contribution in [-0.4, -0.2) is 41.8 Å². The molecule has 2 saturated heterocycles. The summed E-state index contributed by atoms with van der Waals surface area (Å²) in [6.45, 7) is 2.14. The first-order valence-corrected chi connectivity index (χ1v) is 5.92. The minimum absolute atomic E-state index is 0.126. The van der Waals surface area contributed by atoms with Gasteiger partial charge in [-0.15, -0.1) is 0 Å². The molecule has 3 rings (SSSR count). The van der Waals surface area contributed by atoms with Crippen molar-refractivity contribution in [1.29, 1.82) is 0 Å². The van der Waals surface area contributed by atoms with Gasteiger partial charge in [-0.3, -0.25) is 0 Å². The molecular weight excluding hydrogens is 245 g/mol. The highest BCUT2D eigenvalue weighted by Crippen LogP contribution is 2.35. The predicted molar refractivity (Wildman–Crippen MR) is 59.4 cm³/mol. The van der Waals surface area contributed by atoms with E-state index in [2.05, 4.69) is 15.3 Å². The fraction of sp³-hybridized carbons (Fsp3) is 0.636. The van der Waals surface area contributed by atoms with Crippen LogP contribution in [0.5, 0.6) is 0 Å². The molecule has 1 unspecified atom stereocenters. The SMILES string of the molecule is FC(F)(F)C1CCN1c1ncc(C2CNC2)cn1. The van der Waals surface area contributed by atoms with E-state index < -0.39 is 12.2 Å². The summed E-state index contributed by atoms with van der Waals surface area (Å²) in [5.41, 5.74) is 0.988. The Bertz CT molecular complexity index is 427. The van der Waals surface area contributed by atoms with E-state index in [1.165, 1.54) is 4.90 Å². The van der Waals surface area contributed by atoms with Crippen LogP contribution in [-0.2, 0) is 0 Å². The summed E-state index contributed by atoms with van der Waals surface area (Å²) < 4.78 is 37.8. The number of alkyl halides is 3. The number of aromatic nitrogens is 2. The fourth-order valence-corrected chi connectivity index (χ4v) is 2.18. The van der Waals surface area contributed by atoms with Crippen molar-refractivity contribution in [2.45, 2.75) is 24.6 Å². The third kappa shape index (κ3) is 1.92. The molecule has 1 aromatic heterocycles. The van der Waals surface area contributed by atoms with Gasteiger partial charge in [0.15, 0.2) is 0 Å². The second-order valence-corrected chi connectivity index (χ2v) is 4.71. The monoisotopic (exact) mass is 258 g/mol. The molecule has 1 aromatic rings. The first-order chi connectivity index (χ1) is 8.55. The van der Waals surface area contributed by atoms with Crippen LogP contribution in [0.3, 0.4) is 0 Å². The number of rotatable bonds is 2. The molecule has 0 spiro atoms. The van der Waals surface area contributed by atoms with E-state index >= 15 is 0 Å². The zero-order valence-corrected chi connectivity index (χ0v) is 9.61. The molecule has 3 heterocycles. The molecule has 2 aliphatic rings. The molecule has 7 heteroatoms. The Balaban J connectivity index is 1.73. The molecule has 4 nitrogen and oxygen atoms in total. The summed E-state index contributed by atoms with van der Waals surface area (Å²) in [6.07, 6.45) is -0.793. The van der Waals surface area contributed by atoms with Crippen LogP contribution in [0, 0.1) is 0 Å². The van der Waals surface area contributed by atoms with Gasteiger partial charge in [0.25, 0.3) is 0 Å². The second-order valence-electron chi connectivity index (χ2n) is 4.71. The maximum atomic E-state index is 12.6. The van der Waals surface area contributed by atoms with Gasteiger partial charge in [0.2, 0.25) is 5.95 Å². The third-order valence-electron chi connectivity index (χ3n) is 3.57. The number of anilines is 1. The molecule has 98 valence electrons. The van der Waals surface area contributed by atoms with E-state index in [1.54, 1.807) is 12.4 Å². The van der Waals surface area contributed by atoms with E-state index in [1.807, 2.05) is 0 Å². The van der Waals surface area contributed by atoms with Gasteiger partial charge in [0.05, 0.1) is 0 Å². The number of hydrogen-bond acceptors (Lipinski definition) is 4. The molecule has 0 aromatic carbocycles. The predicted octanol–water partition coefficient (Wildman–Crippen LogP) is 1.30. The zero-order valence-electron chi connectivity index (χ0n) is 9.61. The summed E-state index contributed by atoms with van der Waals surface area (Å²) in [6, 6.07) is -1.42. The Morgan fingerprint density at radius 1 is 1.22 bits per heavy atom. The lowest BCUT2D eigenvalue weighted by molar-refractivity contribution is -0.160. The van der Waals surface area contributed by atoms with Gasteiger partial charge in [0.1, 0.15) is 6.04 Å². The van der Waals surface area contributed by atoms with E-state index in [-0.39, 0.29) is 12.4 Å². The average molecular weight is 258 g/mol. The molecule has 0 aliphatic carbocycles. The van der Waals surface area contributed by atoms with Gasteiger partial charge in [-0.1, -0.05) is 0 Å². The molecule has 0 saturated carbocycles. The summed E-state index contributed by atoms with van der Waals surface area (Å²) in [4.78, 5) is 9.32. The lowest BCUT2D eigenvalue weighted by atomic mass is 9.96. The van der Waals surface area contributed by atoms with Gasteiger partial charge in [0, 0.05) is 37.9 Å². The smallest absolute Gasteiger partial charge is 0.329 e. The van der Waals surface area contributed by atoms with Crippen molar-refractivity contribution in [3.8, 4) is 0 Å². The van der Waals surface area contributed by atoms with E-state index in [0.717, 1.165) is 18.7 Å². The number of halogens is 3. The van der Waals surface area contributed by atoms with Crippen LogP contribution in [0.25, 0.3) is 0 Å². The van der Waals surface area contributed by atoms with Crippen molar-refractivity contribution in [2.24, 2.45) is 0 Å². The van der Waals surface area contributed by atoms with E-state index in [9.17, 15) is 13.2 Å². The normalized spacial score (nSPS) is 24.6. The van der Waals surface area contributed by atoms with Gasteiger partial charge >= 0.3 is 6.18 Å². The van der Waals surface area contributed by atoms with Crippen molar-refractivity contribution >= 4 is 5.95 Å². The van der Waals surface area contributed by atoms with Crippen LogP contribution < -0.4 is 10.2 Å². The van der Waals surface area contributed by atoms with E-state index in [4.69, 9.17) is 0 Å². The van der Waals surface area contributed by atoms with Crippen LogP contribution in [0.4, 0.5) is 19.1 Å². The number of nitrogens with one attached hydrogen (secondary N) is 1. The van der Waals surface area contributed by atoms with Crippen molar-refractivity contribution in [3.63, 3.8) is 0 Å². The Morgan fingerprint density at radius 2 is 1.89 bits per heavy atom. The zero-order chi connectivity index (χ0) is 12.8. The highest BCUT2D eigenvalue weighted by molar-refractivity contribution is 5.37. The first kappa shape index (κ1) is 11.7. The van der Waals surface area contributed by atoms with Crippen molar-refractivity contribution in [3.05, 3.63) is 18.0 Å². The van der Waals surface area contributed by atoms with Gasteiger partial charge in [-0.2, -0.15) is 13.2 Å². The maximum Gasteiger partial charge on any atom is 0.408 e. The fourth-order valence-electron chi connectivity index (χ4n) is 2.18. The minimum Gasteiger partial charge on any atom is -0.329 e. The summed E-state index contributed by atoms with van der Waals surface area (Å²) in [7, 11) is 0. The Labute approximate surface area is 102 Å². The highest BCUT2D eigenvalue weighted by atomic mass is 19.4. The molecular formula is C11H13F3N4. The maximum absolute atomic E-state index is 12.6. The number of hydrogen-bond donors (Lipinski definition) is 1. The lowest BCUT2D eigenvalue weighted by Crippen LogP contribution is -2.56. The largest absolute Gasteiger partial charge is 0.408 e. The van der Waals surface area contributed by atoms with Gasteiger partial charge in [-0.25, -0.2) is 9.97 Å². The summed E-state index contributed by atoms with van der Waals surface area (Å²) in [5.74, 6) is 0.577. The van der Waals surface area contributed by atoms with Crippen LogP contribution in [0.2, 0.25) is 0 Å². The van der Waals surface area contributed by atoms with Crippen molar-refractivity contribution < 1.29 is 13.2 Å². The third-order valence-corrected chi connectivity index (χ3v) is 3.57. The highest BCUT2D eigenvalue weighted by Gasteiger charge is 2.49. The Hall–Kier alpha value is -1.37. The minimum atomic E-state index is -4.20. The topological polar surface area (TPSA) is 41.1 Å². The molecule has 18 heavy (non-hydrogen) atoms. The van der Waals surface area contributed by atoms with Crippen LogP contribution in [0.1, 0.15) is 17.9 Å². The molecule has 0 radical (unpaired) electrons. The van der Waals surface area contributed by atoms with Crippen molar-refractivity contribution in [1.82, 2.24) is 15.3 Å². The molecule has 2 fully saturated rings. The Morgan fingerprint density at radius 3 is 2.28 bits per heavy atom. The summed E-state index contributed by atoms with van der Waals surface area (Å²) in [5, 5.41) is 3.13. The van der Waals surface area contributed by atoms with E-state index in [0.29, 0.717) is 12.5 Å². The van der Waals surface area contributed by atoms with Gasteiger partial charge in [-0.05, 0) is 12.0 Å². The molecule has 2 aliphatic heterocycles. The summed E-state index contributed by atoms with van der Waals surface area (Å²) >= 11 is 0. The van der Waals surface area contributed by atoms with Crippen LogP contribution in [0.15, 0.2) is 12.4 Å². The molecule has 0 bridgehead atoms. The molecule has 1 atom stereocenters. The quantitative estimate of drug-likeness (QED) is 0.868.